The van der Waals surface area contributed by atoms with E-state index in [1.54, 1.807) is 0 Å². The lowest BCUT2D eigenvalue weighted by atomic mass is 10.0. The predicted octanol–water partition coefficient (Wildman–Crippen LogP) is 2.39. The van der Waals surface area contributed by atoms with Crippen LogP contribution < -0.4 is 5.32 Å². The number of rotatable bonds is 7. The highest BCUT2D eigenvalue weighted by Gasteiger charge is 2.30. The quantitative estimate of drug-likeness (QED) is 0.831. The van der Waals surface area contributed by atoms with Crippen molar-refractivity contribution in [2.24, 2.45) is 0 Å². The molecule has 1 saturated heterocycles. The fourth-order valence-corrected chi connectivity index (χ4v) is 4.20. The molecule has 0 radical (unpaired) electrons. The van der Waals surface area contributed by atoms with Gasteiger partial charge >= 0.3 is 0 Å². The largest absolute Gasteiger partial charge is 0.377 e. The van der Waals surface area contributed by atoms with Gasteiger partial charge < -0.3 is 10.1 Å². The third-order valence-electron chi connectivity index (χ3n) is 4.30. The standard InChI is InChI=1S/C18H27NO3S/c1-13(2)16-6-4-15(5-7-16)8-10-19-18(20)12-23(21)17-9-11-22-14(17)3/h4-7,13-14,17H,8-12H2,1-3H3,(H,19,20)/t14-,17+,23+/m1/s1. The number of hydrogen-bond donors (Lipinski definition) is 1. The smallest absolute Gasteiger partial charge is 0.232 e. The minimum Gasteiger partial charge on any atom is -0.377 e. The Morgan fingerprint density at radius 1 is 1.35 bits per heavy atom. The molecule has 1 fully saturated rings. The van der Waals surface area contributed by atoms with E-state index in [9.17, 15) is 9.00 Å². The van der Waals surface area contributed by atoms with Crippen molar-refractivity contribution in [3.05, 3.63) is 35.4 Å². The molecule has 128 valence electrons. The lowest BCUT2D eigenvalue weighted by Gasteiger charge is -2.13. The summed E-state index contributed by atoms with van der Waals surface area (Å²) in [6.07, 6.45) is 1.56. The Bertz CT molecular complexity index is 542. The lowest BCUT2D eigenvalue weighted by Crippen LogP contribution is -2.34. The van der Waals surface area contributed by atoms with Crippen LogP contribution in [-0.2, 0) is 26.8 Å². The molecular formula is C18H27NO3S. The molecule has 0 aromatic heterocycles. The number of hydrogen-bond acceptors (Lipinski definition) is 3. The molecule has 1 aromatic rings. The third-order valence-corrected chi connectivity index (χ3v) is 6.14. The Morgan fingerprint density at radius 3 is 2.61 bits per heavy atom. The van der Waals surface area contributed by atoms with E-state index in [1.807, 2.05) is 6.92 Å². The van der Waals surface area contributed by atoms with Crippen LogP contribution in [-0.4, -0.2) is 40.4 Å². The number of nitrogens with one attached hydrogen (secondary N) is 1. The fraction of sp³-hybridized carbons (Fsp3) is 0.611. The van der Waals surface area contributed by atoms with Gasteiger partial charge in [0.25, 0.3) is 0 Å². The SMILES string of the molecule is CC(C)c1ccc(CCNC(=O)C[S@](=O)[C@H]2CCO[C@@H]2C)cc1. The van der Waals surface area contributed by atoms with E-state index < -0.39 is 10.8 Å². The molecule has 1 heterocycles. The summed E-state index contributed by atoms with van der Waals surface area (Å²) in [7, 11) is -1.15. The molecule has 1 aliphatic rings. The molecule has 0 unspecified atom stereocenters. The lowest BCUT2D eigenvalue weighted by molar-refractivity contribution is -0.118. The van der Waals surface area contributed by atoms with Crippen molar-refractivity contribution in [1.82, 2.24) is 5.32 Å². The van der Waals surface area contributed by atoms with Gasteiger partial charge in [-0.05, 0) is 36.8 Å². The Kier molecular flexibility index (Phi) is 6.78. The van der Waals surface area contributed by atoms with Crippen LogP contribution in [0.3, 0.4) is 0 Å². The molecule has 0 aliphatic carbocycles. The van der Waals surface area contributed by atoms with Gasteiger partial charge in [0.2, 0.25) is 5.91 Å². The molecule has 23 heavy (non-hydrogen) atoms. The zero-order valence-corrected chi connectivity index (χ0v) is 15.0. The first-order chi connectivity index (χ1) is 11.0. The average Bonchev–Trinajstić information content (AvgIpc) is 2.94. The zero-order chi connectivity index (χ0) is 16.8. The Labute approximate surface area is 141 Å². The van der Waals surface area contributed by atoms with Crippen molar-refractivity contribution in [2.75, 3.05) is 18.9 Å². The molecule has 1 N–H and O–H groups in total. The minimum atomic E-state index is -1.15. The van der Waals surface area contributed by atoms with Crippen LogP contribution in [0.4, 0.5) is 0 Å². The van der Waals surface area contributed by atoms with Crippen LogP contribution >= 0.6 is 0 Å². The van der Waals surface area contributed by atoms with Gasteiger partial charge in [-0.25, -0.2) is 0 Å². The highest BCUT2D eigenvalue weighted by Crippen LogP contribution is 2.18. The van der Waals surface area contributed by atoms with Crippen molar-refractivity contribution < 1.29 is 13.7 Å². The maximum absolute atomic E-state index is 12.2. The second kappa shape index (κ2) is 8.60. The molecule has 0 bridgehead atoms. The first-order valence-corrected chi connectivity index (χ1v) is 9.70. The van der Waals surface area contributed by atoms with Crippen LogP contribution in [0.2, 0.25) is 0 Å². The van der Waals surface area contributed by atoms with Gasteiger partial charge in [-0.3, -0.25) is 9.00 Å². The molecular weight excluding hydrogens is 310 g/mol. The van der Waals surface area contributed by atoms with Gasteiger partial charge in [-0.15, -0.1) is 0 Å². The van der Waals surface area contributed by atoms with Crippen molar-refractivity contribution in [1.29, 1.82) is 0 Å². The van der Waals surface area contributed by atoms with Crippen molar-refractivity contribution in [2.45, 2.75) is 50.9 Å². The molecule has 3 atom stereocenters. The topological polar surface area (TPSA) is 55.4 Å². The summed E-state index contributed by atoms with van der Waals surface area (Å²) in [6.45, 7) is 7.49. The average molecular weight is 337 g/mol. The van der Waals surface area contributed by atoms with Gasteiger partial charge in [0.05, 0.1) is 11.4 Å². The van der Waals surface area contributed by atoms with E-state index in [-0.39, 0.29) is 23.0 Å². The first kappa shape index (κ1) is 18.1. The predicted molar refractivity (Wildman–Crippen MR) is 94.1 cm³/mol. The van der Waals surface area contributed by atoms with Crippen LogP contribution in [0.15, 0.2) is 24.3 Å². The normalized spacial score (nSPS) is 22.3. The summed E-state index contributed by atoms with van der Waals surface area (Å²) in [4.78, 5) is 11.9. The summed E-state index contributed by atoms with van der Waals surface area (Å²) in [6, 6.07) is 8.49. The fourth-order valence-electron chi connectivity index (χ4n) is 2.76. The number of benzene rings is 1. The highest BCUT2D eigenvalue weighted by molar-refractivity contribution is 7.86. The van der Waals surface area contributed by atoms with E-state index in [0.717, 1.165) is 12.8 Å². The van der Waals surface area contributed by atoms with Gasteiger partial charge in [-0.2, -0.15) is 0 Å². The van der Waals surface area contributed by atoms with Crippen LogP contribution in [0, 0.1) is 0 Å². The maximum Gasteiger partial charge on any atom is 0.232 e. The molecule has 0 saturated carbocycles. The maximum atomic E-state index is 12.2. The van der Waals surface area contributed by atoms with Crippen molar-refractivity contribution in [3.63, 3.8) is 0 Å². The molecule has 1 aromatic carbocycles. The zero-order valence-electron chi connectivity index (χ0n) is 14.2. The molecule has 1 aliphatic heterocycles. The van der Waals surface area contributed by atoms with Crippen molar-refractivity contribution in [3.8, 4) is 0 Å². The molecule has 1 amide bonds. The van der Waals surface area contributed by atoms with E-state index >= 15 is 0 Å². The molecule has 2 rings (SSSR count). The summed E-state index contributed by atoms with van der Waals surface area (Å²) in [5.41, 5.74) is 2.52. The van der Waals surface area contributed by atoms with Gasteiger partial charge in [0, 0.05) is 24.0 Å². The minimum absolute atomic E-state index is 0.00988. The van der Waals surface area contributed by atoms with Gasteiger partial charge in [0.15, 0.2) is 0 Å². The van der Waals surface area contributed by atoms with Gasteiger partial charge in [-0.1, -0.05) is 38.1 Å². The van der Waals surface area contributed by atoms with E-state index in [1.165, 1.54) is 11.1 Å². The number of carbonyl (C=O) groups is 1. The highest BCUT2D eigenvalue weighted by atomic mass is 32.2. The number of amides is 1. The first-order valence-electron chi connectivity index (χ1n) is 8.31. The third kappa shape index (κ3) is 5.43. The Morgan fingerprint density at radius 2 is 2.04 bits per heavy atom. The van der Waals surface area contributed by atoms with Crippen LogP contribution in [0.25, 0.3) is 0 Å². The number of carbonyl (C=O) groups excluding carboxylic acids is 1. The van der Waals surface area contributed by atoms with Crippen LogP contribution in [0.5, 0.6) is 0 Å². The van der Waals surface area contributed by atoms with E-state index in [2.05, 4.69) is 43.4 Å². The summed E-state index contributed by atoms with van der Waals surface area (Å²) in [5.74, 6) is 0.465. The van der Waals surface area contributed by atoms with Gasteiger partial charge in [0.1, 0.15) is 5.75 Å². The molecule has 4 nitrogen and oxygen atoms in total. The monoisotopic (exact) mass is 337 g/mol. The Balaban J connectivity index is 1.71. The summed E-state index contributed by atoms with van der Waals surface area (Å²) >= 11 is 0. The summed E-state index contributed by atoms with van der Waals surface area (Å²) in [5, 5.41) is 2.86. The second-order valence-corrected chi connectivity index (χ2v) is 8.08. The van der Waals surface area contributed by atoms with E-state index in [4.69, 9.17) is 4.74 Å². The summed E-state index contributed by atoms with van der Waals surface area (Å²) < 4.78 is 17.6. The van der Waals surface area contributed by atoms with Crippen LogP contribution in [0.1, 0.15) is 44.2 Å². The molecule has 0 spiro atoms. The second-order valence-electron chi connectivity index (χ2n) is 6.42. The van der Waals surface area contributed by atoms with E-state index in [0.29, 0.717) is 19.1 Å². The Hall–Kier alpha value is -1.20. The van der Waals surface area contributed by atoms with Crippen molar-refractivity contribution >= 4 is 16.7 Å². The molecule has 5 heteroatoms. The number of ether oxygens (including phenoxy) is 1.